The molecule has 1 aromatic heterocycles. The summed E-state index contributed by atoms with van der Waals surface area (Å²) in [6.45, 7) is 9.37. The van der Waals surface area contributed by atoms with Gasteiger partial charge in [-0.3, -0.25) is 4.79 Å². The summed E-state index contributed by atoms with van der Waals surface area (Å²) in [5, 5.41) is 0. The molecule has 0 aliphatic carbocycles. The minimum absolute atomic E-state index is 0.208. The van der Waals surface area contributed by atoms with Crippen molar-refractivity contribution in [1.29, 1.82) is 0 Å². The van der Waals surface area contributed by atoms with Crippen LogP contribution in [0.15, 0.2) is 36.5 Å². The lowest BCUT2D eigenvalue weighted by Crippen LogP contribution is -2.49. The number of piperazine rings is 1. The van der Waals surface area contributed by atoms with Gasteiger partial charge in [0, 0.05) is 38.3 Å². The maximum Gasteiger partial charge on any atom is 0.227 e. The van der Waals surface area contributed by atoms with E-state index in [-0.39, 0.29) is 5.91 Å². The first-order valence-electron chi connectivity index (χ1n) is 8.95. The van der Waals surface area contributed by atoms with Crippen molar-refractivity contribution in [3.8, 4) is 0 Å². The van der Waals surface area contributed by atoms with Gasteiger partial charge in [0.1, 0.15) is 11.6 Å². The molecule has 132 valence electrons. The van der Waals surface area contributed by atoms with Gasteiger partial charge in [-0.2, -0.15) is 0 Å². The third-order valence-corrected chi connectivity index (χ3v) is 4.74. The Balaban J connectivity index is 1.59. The molecule has 3 rings (SSSR count). The van der Waals surface area contributed by atoms with E-state index in [1.807, 2.05) is 35.4 Å². The molecule has 1 saturated heterocycles. The van der Waals surface area contributed by atoms with E-state index >= 15 is 0 Å². The molecule has 0 radical (unpaired) electrons. The van der Waals surface area contributed by atoms with Crippen LogP contribution in [0.1, 0.15) is 36.7 Å². The fourth-order valence-electron chi connectivity index (χ4n) is 3.09. The number of hydrogen-bond acceptors (Lipinski definition) is 4. The van der Waals surface area contributed by atoms with Gasteiger partial charge in [-0.15, -0.1) is 0 Å². The molecular weight excluding hydrogens is 312 g/mol. The normalized spacial score (nSPS) is 14.9. The van der Waals surface area contributed by atoms with Crippen molar-refractivity contribution in [2.24, 2.45) is 0 Å². The zero-order chi connectivity index (χ0) is 17.8. The highest BCUT2D eigenvalue weighted by atomic mass is 16.2. The summed E-state index contributed by atoms with van der Waals surface area (Å²) >= 11 is 0. The van der Waals surface area contributed by atoms with Gasteiger partial charge in [0.25, 0.3) is 0 Å². The van der Waals surface area contributed by atoms with Gasteiger partial charge >= 0.3 is 0 Å². The highest BCUT2D eigenvalue weighted by Gasteiger charge is 2.22. The molecule has 0 N–H and O–H groups in total. The number of amides is 1. The average Bonchev–Trinajstić information content (AvgIpc) is 2.64. The minimum atomic E-state index is 0.208. The van der Waals surface area contributed by atoms with Crippen molar-refractivity contribution in [2.75, 3.05) is 31.1 Å². The number of aromatic nitrogens is 2. The summed E-state index contributed by atoms with van der Waals surface area (Å²) < 4.78 is 0. The summed E-state index contributed by atoms with van der Waals surface area (Å²) in [6, 6.07) is 10.1. The Labute approximate surface area is 149 Å². The van der Waals surface area contributed by atoms with Gasteiger partial charge in [-0.05, 0) is 24.1 Å². The Morgan fingerprint density at radius 3 is 2.52 bits per heavy atom. The third kappa shape index (κ3) is 4.16. The van der Waals surface area contributed by atoms with Gasteiger partial charge in [0.2, 0.25) is 5.91 Å². The van der Waals surface area contributed by atoms with Gasteiger partial charge in [0.05, 0.1) is 6.42 Å². The molecular formula is C20H26N4O. The quantitative estimate of drug-likeness (QED) is 0.860. The monoisotopic (exact) mass is 338 g/mol. The molecule has 1 amide bonds. The van der Waals surface area contributed by atoms with Crippen molar-refractivity contribution in [3.05, 3.63) is 53.5 Å². The van der Waals surface area contributed by atoms with Gasteiger partial charge in [-0.1, -0.05) is 38.1 Å². The highest BCUT2D eigenvalue weighted by molar-refractivity contribution is 5.79. The summed E-state index contributed by atoms with van der Waals surface area (Å²) in [7, 11) is 0. The lowest BCUT2D eigenvalue weighted by Gasteiger charge is -2.35. The van der Waals surface area contributed by atoms with E-state index in [1.54, 1.807) is 0 Å². The van der Waals surface area contributed by atoms with Crippen LogP contribution in [0.4, 0.5) is 5.82 Å². The first-order valence-corrected chi connectivity index (χ1v) is 8.95. The minimum Gasteiger partial charge on any atom is -0.353 e. The molecule has 2 aromatic rings. The number of carbonyl (C=O) groups is 1. The van der Waals surface area contributed by atoms with E-state index in [2.05, 4.69) is 41.7 Å². The van der Waals surface area contributed by atoms with Gasteiger partial charge < -0.3 is 9.80 Å². The fourth-order valence-corrected chi connectivity index (χ4v) is 3.09. The van der Waals surface area contributed by atoms with Crippen LogP contribution in [0.25, 0.3) is 0 Å². The third-order valence-electron chi connectivity index (χ3n) is 4.74. The molecule has 0 bridgehead atoms. The van der Waals surface area contributed by atoms with Crippen molar-refractivity contribution in [3.63, 3.8) is 0 Å². The second-order valence-electron chi connectivity index (χ2n) is 6.90. The lowest BCUT2D eigenvalue weighted by atomic mass is 10.1. The summed E-state index contributed by atoms with van der Waals surface area (Å²) in [6.07, 6.45) is 2.31. The summed E-state index contributed by atoms with van der Waals surface area (Å²) in [5.41, 5.74) is 2.30. The first kappa shape index (κ1) is 17.4. The van der Waals surface area contributed by atoms with Gasteiger partial charge in [-0.25, -0.2) is 9.97 Å². The number of rotatable bonds is 4. The lowest BCUT2D eigenvalue weighted by molar-refractivity contribution is -0.130. The number of aryl methyl sites for hydroxylation is 1. The highest BCUT2D eigenvalue weighted by Crippen LogP contribution is 2.17. The van der Waals surface area contributed by atoms with E-state index in [4.69, 9.17) is 0 Å². The molecule has 25 heavy (non-hydrogen) atoms. The Morgan fingerprint density at radius 2 is 1.84 bits per heavy atom. The number of benzene rings is 1. The van der Waals surface area contributed by atoms with Crippen LogP contribution in [0.5, 0.6) is 0 Å². The van der Waals surface area contributed by atoms with E-state index < -0.39 is 0 Å². The van der Waals surface area contributed by atoms with Crippen molar-refractivity contribution in [2.45, 2.75) is 33.1 Å². The topological polar surface area (TPSA) is 49.3 Å². The SMILES string of the molecule is Cc1ccccc1CC(=O)N1CCN(c2ccnc(C(C)C)n2)CC1. The largest absolute Gasteiger partial charge is 0.353 e. The molecule has 5 nitrogen and oxygen atoms in total. The molecule has 1 fully saturated rings. The standard InChI is InChI=1S/C20H26N4O/c1-15(2)20-21-9-8-18(22-20)23-10-12-24(13-11-23)19(25)14-17-7-5-4-6-16(17)3/h4-9,15H,10-14H2,1-3H3. The van der Waals surface area contributed by atoms with Crippen LogP contribution in [0, 0.1) is 6.92 Å². The second kappa shape index (κ2) is 7.64. The van der Waals surface area contributed by atoms with Crippen LogP contribution in [-0.4, -0.2) is 47.0 Å². The van der Waals surface area contributed by atoms with Crippen molar-refractivity contribution >= 4 is 11.7 Å². The number of anilines is 1. The zero-order valence-corrected chi connectivity index (χ0v) is 15.3. The molecule has 1 aromatic carbocycles. The number of carbonyl (C=O) groups excluding carboxylic acids is 1. The number of nitrogens with zero attached hydrogens (tertiary/aromatic N) is 4. The van der Waals surface area contributed by atoms with E-state index in [9.17, 15) is 4.79 Å². The summed E-state index contributed by atoms with van der Waals surface area (Å²) in [4.78, 5) is 25.8. The Kier molecular flexibility index (Phi) is 5.31. The molecule has 5 heteroatoms. The van der Waals surface area contributed by atoms with E-state index in [1.165, 1.54) is 5.56 Å². The maximum atomic E-state index is 12.6. The average molecular weight is 338 g/mol. The molecule has 2 heterocycles. The van der Waals surface area contributed by atoms with Crippen LogP contribution in [0.2, 0.25) is 0 Å². The first-order chi connectivity index (χ1) is 12.0. The Bertz CT molecular complexity index is 736. The predicted molar refractivity (Wildman–Crippen MR) is 99.8 cm³/mol. The Hall–Kier alpha value is -2.43. The van der Waals surface area contributed by atoms with E-state index in [0.29, 0.717) is 12.3 Å². The molecule has 0 saturated carbocycles. The number of hydrogen-bond donors (Lipinski definition) is 0. The summed E-state index contributed by atoms with van der Waals surface area (Å²) in [5.74, 6) is 2.36. The van der Waals surface area contributed by atoms with Gasteiger partial charge in [0.15, 0.2) is 0 Å². The van der Waals surface area contributed by atoms with Crippen molar-refractivity contribution in [1.82, 2.24) is 14.9 Å². The fraction of sp³-hybridized carbons (Fsp3) is 0.450. The molecule has 1 aliphatic heterocycles. The van der Waals surface area contributed by atoms with Crippen molar-refractivity contribution < 1.29 is 4.79 Å². The van der Waals surface area contributed by atoms with Crippen LogP contribution in [-0.2, 0) is 11.2 Å². The molecule has 0 spiro atoms. The Morgan fingerprint density at radius 1 is 1.12 bits per heavy atom. The molecule has 1 aliphatic rings. The predicted octanol–water partition coefficient (Wildman–Crippen LogP) is 2.80. The molecule has 0 unspecified atom stereocenters. The van der Waals surface area contributed by atoms with Crippen LogP contribution >= 0.6 is 0 Å². The maximum absolute atomic E-state index is 12.6. The van der Waals surface area contributed by atoms with Crippen LogP contribution in [0.3, 0.4) is 0 Å². The van der Waals surface area contributed by atoms with E-state index in [0.717, 1.165) is 43.4 Å². The molecule has 0 atom stereocenters. The zero-order valence-electron chi connectivity index (χ0n) is 15.3. The second-order valence-corrected chi connectivity index (χ2v) is 6.90. The van der Waals surface area contributed by atoms with Crippen LogP contribution < -0.4 is 4.90 Å². The smallest absolute Gasteiger partial charge is 0.227 e.